The highest BCUT2D eigenvalue weighted by Gasteiger charge is 2.19. The zero-order valence-corrected chi connectivity index (χ0v) is 40.7. The van der Waals surface area contributed by atoms with Crippen LogP contribution in [0.25, 0.3) is 0 Å². The number of carbonyl (C=O) groups is 3. The maximum atomic E-state index is 12.8. The standard InChI is InChI=1S/C58H90O6/c1-4-7-10-13-16-19-22-25-27-28-29-30-31-34-36-39-42-45-48-51-57(60)63-54-55(53-62-56(59)50-47-44-41-38-35-32-24-21-18-15-12-9-6-3)64-58(61)52-49-46-43-40-37-33-26-23-20-17-14-11-8-5-2/h7,9-10,12-13,15-16,18-19,21-22,24-25,27-32,34-36,55H,4-6,8,11,14,17,20,23,26,33,37-54H2,1-3H3/b10-7-,12-9-,16-13-,18-15-,22-19-,24-21-,27-25-,29-28+,31-30-,35-32-,36-34-. The van der Waals surface area contributed by atoms with Crippen molar-refractivity contribution in [3.63, 3.8) is 0 Å². The van der Waals surface area contributed by atoms with E-state index in [0.717, 1.165) is 83.5 Å². The Morgan fingerprint density at radius 1 is 0.328 bits per heavy atom. The average Bonchev–Trinajstić information content (AvgIpc) is 3.29. The van der Waals surface area contributed by atoms with Gasteiger partial charge in [0.1, 0.15) is 13.2 Å². The molecule has 1 unspecified atom stereocenters. The summed E-state index contributed by atoms with van der Waals surface area (Å²) in [5.41, 5.74) is 0. The van der Waals surface area contributed by atoms with Crippen molar-refractivity contribution in [3.8, 4) is 0 Å². The Morgan fingerprint density at radius 2 is 0.609 bits per heavy atom. The lowest BCUT2D eigenvalue weighted by atomic mass is 10.0. The summed E-state index contributed by atoms with van der Waals surface area (Å²) in [7, 11) is 0. The smallest absolute Gasteiger partial charge is 0.306 e. The van der Waals surface area contributed by atoms with Crippen LogP contribution in [0.5, 0.6) is 0 Å². The number of ether oxygens (including phenoxy) is 3. The number of allylic oxidation sites excluding steroid dienone is 22. The van der Waals surface area contributed by atoms with Crippen molar-refractivity contribution in [2.24, 2.45) is 0 Å². The molecule has 0 bridgehead atoms. The van der Waals surface area contributed by atoms with E-state index >= 15 is 0 Å². The van der Waals surface area contributed by atoms with Crippen LogP contribution >= 0.6 is 0 Å². The molecule has 0 aliphatic heterocycles. The van der Waals surface area contributed by atoms with Gasteiger partial charge in [0.25, 0.3) is 0 Å². The van der Waals surface area contributed by atoms with Crippen molar-refractivity contribution in [1.29, 1.82) is 0 Å². The minimum Gasteiger partial charge on any atom is -0.462 e. The van der Waals surface area contributed by atoms with Crippen molar-refractivity contribution in [2.75, 3.05) is 13.2 Å². The van der Waals surface area contributed by atoms with E-state index in [1.165, 1.54) is 70.6 Å². The third-order valence-electron chi connectivity index (χ3n) is 10.2. The number of carbonyl (C=O) groups excluding carboxylic acids is 3. The molecule has 0 aromatic heterocycles. The molecule has 0 aromatic carbocycles. The second kappa shape index (κ2) is 51.2. The molecule has 6 nitrogen and oxygen atoms in total. The minimum absolute atomic E-state index is 0.117. The highest BCUT2D eigenvalue weighted by Crippen LogP contribution is 2.14. The highest BCUT2D eigenvalue weighted by molar-refractivity contribution is 5.71. The SMILES string of the molecule is CC\C=C/C=C\C=C/C=C\C=C\C=C/C=C\CCCCCC(=O)OCC(COC(=O)CCCCC\C=C/C=C\C=C/C=C\CC)OC(=O)CCCCCCCCCCCCCCCC. The zero-order valence-electron chi connectivity index (χ0n) is 40.7. The number of esters is 3. The molecule has 0 rings (SSSR count). The van der Waals surface area contributed by atoms with Gasteiger partial charge in [0.15, 0.2) is 6.10 Å². The van der Waals surface area contributed by atoms with Crippen LogP contribution in [0.2, 0.25) is 0 Å². The highest BCUT2D eigenvalue weighted by atomic mass is 16.6. The molecule has 0 aliphatic carbocycles. The maximum absolute atomic E-state index is 12.8. The Bertz CT molecular complexity index is 1430. The molecule has 0 spiro atoms. The number of unbranched alkanes of at least 4 members (excludes halogenated alkanes) is 19. The van der Waals surface area contributed by atoms with E-state index in [1.54, 1.807) is 0 Å². The summed E-state index contributed by atoms with van der Waals surface area (Å²) in [6, 6.07) is 0. The third kappa shape index (κ3) is 48.6. The monoisotopic (exact) mass is 883 g/mol. The lowest BCUT2D eigenvalue weighted by molar-refractivity contribution is -0.167. The van der Waals surface area contributed by atoms with E-state index in [-0.39, 0.29) is 31.1 Å². The van der Waals surface area contributed by atoms with Crippen LogP contribution < -0.4 is 0 Å². The molecule has 6 heteroatoms. The first-order valence-corrected chi connectivity index (χ1v) is 25.3. The summed E-state index contributed by atoms with van der Waals surface area (Å²) >= 11 is 0. The first-order valence-electron chi connectivity index (χ1n) is 25.3. The molecule has 0 heterocycles. The number of hydrogen-bond acceptors (Lipinski definition) is 6. The summed E-state index contributed by atoms with van der Waals surface area (Å²) in [6.45, 7) is 6.26. The predicted octanol–water partition coefficient (Wildman–Crippen LogP) is 16.7. The van der Waals surface area contributed by atoms with Gasteiger partial charge in [-0.15, -0.1) is 0 Å². The largest absolute Gasteiger partial charge is 0.462 e. The molecule has 0 aromatic rings. The van der Waals surface area contributed by atoms with Crippen molar-refractivity contribution in [2.45, 2.75) is 200 Å². The fourth-order valence-corrected chi connectivity index (χ4v) is 6.43. The molecule has 0 radical (unpaired) electrons. The molecule has 64 heavy (non-hydrogen) atoms. The van der Waals surface area contributed by atoms with Crippen LogP contribution in [0, 0.1) is 0 Å². The minimum atomic E-state index is -0.816. The molecule has 1 atom stereocenters. The Labute approximate surface area is 392 Å². The van der Waals surface area contributed by atoms with Gasteiger partial charge < -0.3 is 14.2 Å². The quantitative estimate of drug-likeness (QED) is 0.0263. The van der Waals surface area contributed by atoms with Gasteiger partial charge in [-0.2, -0.15) is 0 Å². The van der Waals surface area contributed by atoms with Gasteiger partial charge in [0, 0.05) is 19.3 Å². The van der Waals surface area contributed by atoms with Crippen LogP contribution in [0.15, 0.2) is 134 Å². The first-order chi connectivity index (χ1) is 31.5. The van der Waals surface area contributed by atoms with E-state index in [2.05, 4.69) is 45.1 Å². The molecule has 0 saturated heterocycles. The van der Waals surface area contributed by atoms with Crippen LogP contribution in [0.1, 0.15) is 194 Å². The molecular weight excluding hydrogens is 793 g/mol. The lowest BCUT2D eigenvalue weighted by Gasteiger charge is -2.18. The lowest BCUT2D eigenvalue weighted by Crippen LogP contribution is -2.30. The molecule has 0 saturated carbocycles. The molecule has 0 amide bonds. The second-order valence-corrected chi connectivity index (χ2v) is 16.2. The van der Waals surface area contributed by atoms with Crippen molar-refractivity contribution < 1.29 is 28.6 Å². The fourth-order valence-electron chi connectivity index (χ4n) is 6.43. The van der Waals surface area contributed by atoms with Gasteiger partial charge in [-0.05, 0) is 57.8 Å². The summed E-state index contributed by atoms with van der Waals surface area (Å²) in [6.07, 6.45) is 71.4. The second-order valence-electron chi connectivity index (χ2n) is 16.2. The van der Waals surface area contributed by atoms with Crippen molar-refractivity contribution in [3.05, 3.63) is 134 Å². The van der Waals surface area contributed by atoms with E-state index in [4.69, 9.17) is 14.2 Å². The van der Waals surface area contributed by atoms with Crippen molar-refractivity contribution in [1.82, 2.24) is 0 Å². The summed E-state index contributed by atoms with van der Waals surface area (Å²) in [5.74, 6) is -1.01. The van der Waals surface area contributed by atoms with Crippen LogP contribution in [-0.4, -0.2) is 37.2 Å². The van der Waals surface area contributed by atoms with Crippen LogP contribution in [0.4, 0.5) is 0 Å². The fraction of sp³-hybridized carbons (Fsp3) is 0.569. The van der Waals surface area contributed by atoms with Crippen LogP contribution in [-0.2, 0) is 28.6 Å². The van der Waals surface area contributed by atoms with E-state index < -0.39 is 6.10 Å². The third-order valence-corrected chi connectivity index (χ3v) is 10.2. The summed E-state index contributed by atoms with van der Waals surface area (Å²) < 4.78 is 16.7. The molecular formula is C58H90O6. The Hall–Kier alpha value is -4.45. The molecule has 358 valence electrons. The van der Waals surface area contributed by atoms with E-state index in [0.29, 0.717) is 19.3 Å². The van der Waals surface area contributed by atoms with Gasteiger partial charge in [0.05, 0.1) is 0 Å². The molecule has 0 fully saturated rings. The van der Waals surface area contributed by atoms with Gasteiger partial charge in [0.2, 0.25) is 0 Å². The molecule has 0 N–H and O–H groups in total. The zero-order chi connectivity index (χ0) is 46.5. The molecule has 0 aliphatic rings. The van der Waals surface area contributed by atoms with Gasteiger partial charge >= 0.3 is 17.9 Å². The summed E-state index contributed by atoms with van der Waals surface area (Å²) in [4.78, 5) is 38.0. The average molecular weight is 883 g/mol. The number of hydrogen-bond donors (Lipinski definition) is 0. The van der Waals surface area contributed by atoms with Gasteiger partial charge in [-0.1, -0.05) is 251 Å². The normalized spacial score (nSPS) is 13.2. The Morgan fingerprint density at radius 3 is 0.953 bits per heavy atom. The summed E-state index contributed by atoms with van der Waals surface area (Å²) in [5, 5.41) is 0. The Balaban J connectivity index is 4.56. The maximum Gasteiger partial charge on any atom is 0.306 e. The Kier molecular flexibility index (Phi) is 47.6. The van der Waals surface area contributed by atoms with Crippen LogP contribution in [0.3, 0.4) is 0 Å². The van der Waals surface area contributed by atoms with Gasteiger partial charge in [-0.25, -0.2) is 0 Å². The number of rotatable bonds is 43. The van der Waals surface area contributed by atoms with Gasteiger partial charge in [-0.3, -0.25) is 14.4 Å². The first kappa shape index (κ1) is 59.5. The van der Waals surface area contributed by atoms with E-state index in [1.807, 2.05) is 109 Å². The van der Waals surface area contributed by atoms with E-state index in [9.17, 15) is 14.4 Å². The topological polar surface area (TPSA) is 78.9 Å². The predicted molar refractivity (Wildman–Crippen MR) is 274 cm³/mol. The van der Waals surface area contributed by atoms with Crippen molar-refractivity contribution >= 4 is 17.9 Å².